The maximum atomic E-state index is 11.8. The summed E-state index contributed by atoms with van der Waals surface area (Å²) in [6.07, 6.45) is 1.11. The number of sulfonamides is 1. The van der Waals surface area contributed by atoms with Gasteiger partial charge >= 0.3 is 0 Å². The molecule has 0 aromatic carbocycles. The van der Waals surface area contributed by atoms with Crippen molar-refractivity contribution in [1.29, 1.82) is 0 Å². The Morgan fingerprint density at radius 1 is 1.53 bits per heavy atom. The molecule has 0 bridgehead atoms. The Balaban J connectivity index is 2.75. The Bertz CT molecular complexity index is 444. The standard InChI is InChI=1S/C10H17N3O3S/c1-8(16-2)6-13-17(14,15)10-4-3-9(5-11)12-7-10/h3-4,7-8,13H,5-6,11H2,1-2H3. The molecule has 1 heterocycles. The maximum Gasteiger partial charge on any atom is 0.242 e. The highest BCUT2D eigenvalue weighted by molar-refractivity contribution is 7.89. The van der Waals surface area contributed by atoms with Crippen molar-refractivity contribution >= 4 is 10.0 Å². The highest BCUT2D eigenvalue weighted by Gasteiger charge is 2.15. The van der Waals surface area contributed by atoms with Crippen molar-refractivity contribution in [3.63, 3.8) is 0 Å². The smallest absolute Gasteiger partial charge is 0.242 e. The van der Waals surface area contributed by atoms with E-state index >= 15 is 0 Å². The molecule has 0 saturated heterocycles. The van der Waals surface area contributed by atoms with Crippen LogP contribution in [0.3, 0.4) is 0 Å². The summed E-state index contributed by atoms with van der Waals surface area (Å²) in [5, 5.41) is 0. The highest BCUT2D eigenvalue weighted by Crippen LogP contribution is 2.07. The van der Waals surface area contributed by atoms with Crippen LogP contribution >= 0.6 is 0 Å². The molecule has 3 N–H and O–H groups in total. The molecule has 1 unspecified atom stereocenters. The van der Waals surface area contributed by atoms with E-state index in [0.29, 0.717) is 5.69 Å². The second-order valence-corrected chi connectivity index (χ2v) is 5.35. The van der Waals surface area contributed by atoms with Gasteiger partial charge in [0.2, 0.25) is 10.0 Å². The summed E-state index contributed by atoms with van der Waals surface area (Å²) in [6, 6.07) is 3.07. The van der Waals surface area contributed by atoms with E-state index in [1.807, 2.05) is 0 Å². The molecule has 0 radical (unpaired) electrons. The number of nitrogens with one attached hydrogen (secondary N) is 1. The average Bonchev–Trinajstić information content (AvgIpc) is 2.36. The predicted molar refractivity (Wildman–Crippen MR) is 63.8 cm³/mol. The van der Waals surface area contributed by atoms with E-state index < -0.39 is 10.0 Å². The Morgan fingerprint density at radius 3 is 2.71 bits per heavy atom. The Kier molecular flexibility index (Phi) is 5.01. The molecule has 0 aliphatic carbocycles. The molecule has 0 amide bonds. The van der Waals surface area contributed by atoms with Crippen LogP contribution in [0.2, 0.25) is 0 Å². The number of rotatable bonds is 6. The molecule has 96 valence electrons. The zero-order valence-corrected chi connectivity index (χ0v) is 10.7. The summed E-state index contributed by atoms with van der Waals surface area (Å²) in [4.78, 5) is 4.06. The van der Waals surface area contributed by atoms with Crippen LogP contribution < -0.4 is 10.5 Å². The van der Waals surface area contributed by atoms with Crippen molar-refractivity contribution in [1.82, 2.24) is 9.71 Å². The number of hydrogen-bond donors (Lipinski definition) is 2. The zero-order valence-electron chi connectivity index (χ0n) is 9.88. The lowest BCUT2D eigenvalue weighted by Gasteiger charge is -2.11. The number of nitrogens with zero attached hydrogens (tertiary/aromatic N) is 1. The number of ether oxygens (including phenoxy) is 1. The third-order valence-corrected chi connectivity index (χ3v) is 3.69. The second-order valence-electron chi connectivity index (χ2n) is 3.59. The first-order chi connectivity index (χ1) is 7.99. The van der Waals surface area contributed by atoms with E-state index in [9.17, 15) is 8.42 Å². The van der Waals surface area contributed by atoms with E-state index in [4.69, 9.17) is 10.5 Å². The Hall–Kier alpha value is -1.02. The lowest BCUT2D eigenvalue weighted by Crippen LogP contribution is -2.31. The molecule has 17 heavy (non-hydrogen) atoms. The minimum absolute atomic E-state index is 0.123. The van der Waals surface area contributed by atoms with E-state index in [2.05, 4.69) is 9.71 Å². The molecular formula is C10H17N3O3S. The number of pyridine rings is 1. The molecule has 1 rings (SSSR count). The minimum Gasteiger partial charge on any atom is -0.380 e. The number of aromatic nitrogens is 1. The fourth-order valence-corrected chi connectivity index (χ4v) is 2.14. The molecule has 7 heteroatoms. The summed E-state index contributed by atoms with van der Waals surface area (Å²) < 4.78 is 31.0. The SMILES string of the molecule is COC(C)CNS(=O)(=O)c1ccc(CN)nc1. The van der Waals surface area contributed by atoms with Crippen molar-refractivity contribution in [2.75, 3.05) is 13.7 Å². The molecule has 6 nitrogen and oxygen atoms in total. The van der Waals surface area contributed by atoms with Gasteiger partial charge in [0, 0.05) is 26.4 Å². The van der Waals surface area contributed by atoms with Gasteiger partial charge in [-0.25, -0.2) is 13.1 Å². The van der Waals surface area contributed by atoms with E-state index in [1.54, 1.807) is 13.0 Å². The van der Waals surface area contributed by atoms with Gasteiger partial charge in [0.25, 0.3) is 0 Å². The van der Waals surface area contributed by atoms with Crippen molar-refractivity contribution in [3.05, 3.63) is 24.0 Å². The number of nitrogens with two attached hydrogens (primary N) is 1. The lowest BCUT2D eigenvalue weighted by atomic mass is 10.4. The van der Waals surface area contributed by atoms with Crippen LogP contribution in [0.5, 0.6) is 0 Å². The quantitative estimate of drug-likeness (QED) is 0.741. The summed E-state index contributed by atoms with van der Waals surface area (Å²) in [5.41, 5.74) is 6.03. The summed E-state index contributed by atoms with van der Waals surface area (Å²) in [5.74, 6) is 0. The van der Waals surface area contributed by atoms with Crippen molar-refractivity contribution in [2.24, 2.45) is 5.73 Å². The van der Waals surface area contributed by atoms with Gasteiger partial charge in [0.1, 0.15) is 4.90 Å². The normalized spacial score (nSPS) is 13.6. The topological polar surface area (TPSA) is 94.3 Å². The van der Waals surface area contributed by atoms with Crippen LogP contribution in [0.15, 0.2) is 23.2 Å². The van der Waals surface area contributed by atoms with Crippen LogP contribution in [0, 0.1) is 0 Å². The third-order valence-electron chi connectivity index (χ3n) is 2.28. The van der Waals surface area contributed by atoms with Crippen LogP contribution in [-0.4, -0.2) is 33.2 Å². The second kappa shape index (κ2) is 6.06. The van der Waals surface area contributed by atoms with Crippen LogP contribution in [0.25, 0.3) is 0 Å². The lowest BCUT2D eigenvalue weighted by molar-refractivity contribution is 0.122. The number of hydrogen-bond acceptors (Lipinski definition) is 5. The average molecular weight is 259 g/mol. The summed E-state index contributed by atoms with van der Waals surface area (Å²) in [6.45, 7) is 2.28. The maximum absolute atomic E-state index is 11.8. The first kappa shape index (κ1) is 14.0. The molecule has 0 aliphatic rings. The van der Waals surface area contributed by atoms with E-state index in [-0.39, 0.29) is 24.1 Å². The van der Waals surface area contributed by atoms with Gasteiger partial charge in [-0.2, -0.15) is 0 Å². The molecule has 1 aromatic heterocycles. The van der Waals surface area contributed by atoms with Crippen LogP contribution in [0.4, 0.5) is 0 Å². The van der Waals surface area contributed by atoms with E-state index in [1.165, 1.54) is 19.4 Å². The highest BCUT2D eigenvalue weighted by atomic mass is 32.2. The molecule has 0 fully saturated rings. The van der Waals surface area contributed by atoms with Gasteiger partial charge in [-0.3, -0.25) is 4.98 Å². The largest absolute Gasteiger partial charge is 0.380 e. The third kappa shape index (κ3) is 4.04. The van der Waals surface area contributed by atoms with E-state index in [0.717, 1.165) is 0 Å². The van der Waals surface area contributed by atoms with Crippen molar-refractivity contribution < 1.29 is 13.2 Å². The van der Waals surface area contributed by atoms with Crippen LogP contribution in [-0.2, 0) is 21.3 Å². The van der Waals surface area contributed by atoms with Crippen molar-refractivity contribution in [2.45, 2.75) is 24.5 Å². The fourth-order valence-electron chi connectivity index (χ4n) is 1.08. The first-order valence-electron chi connectivity index (χ1n) is 5.17. The molecule has 0 aliphatic heterocycles. The van der Waals surface area contributed by atoms with Gasteiger partial charge in [0.15, 0.2) is 0 Å². The first-order valence-corrected chi connectivity index (χ1v) is 6.65. The van der Waals surface area contributed by atoms with Gasteiger partial charge in [-0.05, 0) is 19.1 Å². The summed E-state index contributed by atoms with van der Waals surface area (Å²) >= 11 is 0. The molecule has 0 spiro atoms. The molecule has 1 atom stereocenters. The fraction of sp³-hybridized carbons (Fsp3) is 0.500. The zero-order chi connectivity index (χ0) is 12.9. The molecule has 0 saturated carbocycles. The Labute approximate surface area is 101 Å². The van der Waals surface area contributed by atoms with Gasteiger partial charge in [0.05, 0.1) is 11.8 Å². The number of methoxy groups -OCH3 is 1. The Morgan fingerprint density at radius 2 is 2.24 bits per heavy atom. The molecule has 1 aromatic rings. The minimum atomic E-state index is -3.52. The predicted octanol–water partition coefficient (Wildman–Crippen LogP) is -0.146. The van der Waals surface area contributed by atoms with Gasteiger partial charge in [-0.1, -0.05) is 0 Å². The summed E-state index contributed by atoms with van der Waals surface area (Å²) in [7, 11) is -2.00. The van der Waals surface area contributed by atoms with Gasteiger partial charge < -0.3 is 10.5 Å². The molecular weight excluding hydrogens is 242 g/mol. The van der Waals surface area contributed by atoms with Crippen LogP contribution in [0.1, 0.15) is 12.6 Å². The van der Waals surface area contributed by atoms with Gasteiger partial charge in [-0.15, -0.1) is 0 Å². The monoisotopic (exact) mass is 259 g/mol. The van der Waals surface area contributed by atoms with Crippen molar-refractivity contribution in [3.8, 4) is 0 Å².